The lowest BCUT2D eigenvalue weighted by atomic mass is 9.88. The van der Waals surface area contributed by atoms with Gasteiger partial charge in [0.2, 0.25) is 0 Å². The summed E-state index contributed by atoms with van der Waals surface area (Å²) < 4.78 is 11.4. The van der Waals surface area contributed by atoms with Gasteiger partial charge >= 0.3 is 0 Å². The third-order valence-electron chi connectivity index (χ3n) is 6.34. The fraction of sp³-hybridized carbons (Fsp3) is 0.370. The van der Waals surface area contributed by atoms with Gasteiger partial charge in [0.1, 0.15) is 11.5 Å². The number of pyridine rings is 1. The number of fused-ring (bicyclic) bond motifs is 1. The summed E-state index contributed by atoms with van der Waals surface area (Å²) >= 11 is 0. The molecule has 0 bridgehead atoms. The van der Waals surface area contributed by atoms with E-state index in [2.05, 4.69) is 62.5 Å². The lowest BCUT2D eigenvalue weighted by Gasteiger charge is -2.29. The van der Waals surface area contributed by atoms with Crippen LogP contribution in [0.3, 0.4) is 0 Å². The summed E-state index contributed by atoms with van der Waals surface area (Å²) in [5.41, 5.74) is 9.46. The van der Waals surface area contributed by atoms with Gasteiger partial charge in [-0.05, 0) is 62.3 Å². The fourth-order valence-corrected chi connectivity index (χ4v) is 4.67. The molecule has 31 heavy (non-hydrogen) atoms. The van der Waals surface area contributed by atoms with Crippen molar-refractivity contribution in [2.75, 3.05) is 19.5 Å². The third-order valence-corrected chi connectivity index (χ3v) is 6.34. The molecule has 162 valence electrons. The second kappa shape index (κ2) is 9.01. The molecule has 1 aliphatic rings. The molecule has 0 radical (unpaired) electrons. The molecule has 0 saturated carbocycles. The summed E-state index contributed by atoms with van der Waals surface area (Å²) in [6.07, 6.45) is 4.10. The van der Waals surface area contributed by atoms with Gasteiger partial charge < -0.3 is 14.8 Å². The molecular weight excluding hydrogens is 384 g/mol. The number of aryl methyl sites for hydroxylation is 4. The molecule has 3 aromatic rings. The van der Waals surface area contributed by atoms with Gasteiger partial charge in [-0.25, -0.2) is 0 Å². The maximum absolute atomic E-state index is 5.93. The van der Waals surface area contributed by atoms with Crippen LogP contribution in [0.4, 0.5) is 5.69 Å². The number of rotatable bonds is 6. The summed E-state index contributed by atoms with van der Waals surface area (Å²) in [5.74, 6) is 1.78. The highest BCUT2D eigenvalue weighted by Crippen LogP contribution is 2.41. The second-order valence-electron chi connectivity index (χ2n) is 8.30. The zero-order valence-corrected chi connectivity index (χ0v) is 19.2. The SMILES string of the molecule is CCc1cccc(C)c1-c1cc(OC)c2c(n1)CCCC2Nc1cc(OC)ccc1C. The van der Waals surface area contributed by atoms with E-state index in [1.165, 1.54) is 27.8 Å². The fourth-order valence-electron chi connectivity index (χ4n) is 4.67. The molecule has 0 saturated heterocycles. The highest BCUT2D eigenvalue weighted by Gasteiger charge is 2.27. The Labute approximate surface area is 185 Å². The first-order chi connectivity index (χ1) is 15.0. The smallest absolute Gasteiger partial charge is 0.128 e. The Balaban J connectivity index is 1.78. The predicted octanol–water partition coefficient (Wildman–Crippen LogP) is 6.43. The van der Waals surface area contributed by atoms with E-state index in [9.17, 15) is 0 Å². The topological polar surface area (TPSA) is 43.4 Å². The first-order valence-electron chi connectivity index (χ1n) is 11.1. The van der Waals surface area contributed by atoms with Crippen LogP contribution in [0.5, 0.6) is 11.5 Å². The Morgan fingerprint density at radius 3 is 2.61 bits per heavy atom. The molecule has 1 unspecified atom stereocenters. The van der Waals surface area contributed by atoms with Crippen molar-refractivity contribution in [2.24, 2.45) is 0 Å². The zero-order chi connectivity index (χ0) is 22.0. The van der Waals surface area contributed by atoms with E-state index in [-0.39, 0.29) is 6.04 Å². The maximum Gasteiger partial charge on any atom is 0.128 e. The number of ether oxygens (including phenoxy) is 2. The van der Waals surface area contributed by atoms with Gasteiger partial charge in [-0.3, -0.25) is 4.98 Å². The zero-order valence-electron chi connectivity index (χ0n) is 19.2. The summed E-state index contributed by atoms with van der Waals surface area (Å²) in [6.45, 7) is 6.48. The van der Waals surface area contributed by atoms with Gasteiger partial charge in [0, 0.05) is 28.9 Å². The van der Waals surface area contributed by atoms with Gasteiger partial charge in [0.05, 0.1) is 31.6 Å². The van der Waals surface area contributed by atoms with Crippen LogP contribution in [0.2, 0.25) is 0 Å². The number of methoxy groups -OCH3 is 2. The first-order valence-corrected chi connectivity index (χ1v) is 11.1. The van der Waals surface area contributed by atoms with Crippen molar-refractivity contribution in [3.05, 3.63) is 70.4 Å². The minimum atomic E-state index is 0.161. The molecule has 4 rings (SSSR count). The Hall–Kier alpha value is -3.01. The van der Waals surface area contributed by atoms with Crippen LogP contribution in [0.25, 0.3) is 11.3 Å². The van der Waals surface area contributed by atoms with Crippen LogP contribution in [-0.4, -0.2) is 19.2 Å². The summed E-state index contributed by atoms with van der Waals surface area (Å²) in [6, 6.07) is 14.9. The van der Waals surface area contributed by atoms with Crippen LogP contribution in [0.15, 0.2) is 42.5 Å². The normalized spacial score (nSPS) is 15.3. The molecule has 0 amide bonds. The molecule has 0 aliphatic heterocycles. The summed E-state index contributed by atoms with van der Waals surface area (Å²) in [5, 5.41) is 3.75. The van der Waals surface area contributed by atoms with Gasteiger partial charge in [-0.2, -0.15) is 0 Å². The molecule has 4 nitrogen and oxygen atoms in total. The van der Waals surface area contributed by atoms with Gasteiger partial charge in [-0.15, -0.1) is 0 Å². The standard InChI is InChI=1S/C27H32N2O2/c1-6-19-10-7-9-18(3)26(19)24-16-25(31-5)27-21(11-8-12-22(27)29-24)28-23-15-20(30-4)14-13-17(23)2/h7,9-10,13-16,21,28H,6,8,11-12H2,1-5H3. The van der Waals surface area contributed by atoms with E-state index in [0.717, 1.165) is 54.3 Å². The van der Waals surface area contributed by atoms with Crippen molar-refractivity contribution in [3.8, 4) is 22.8 Å². The number of benzene rings is 2. The molecule has 1 heterocycles. The monoisotopic (exact) mass is 416 g/mol. The number of anilines is 1. The Morgan fingerprint density at radius 2 is 1.87 bits per heavy atom. The van der Waals surface area contributed by atoms with E-state index in [0.29, 0.717) is 0 Å². The van der Waals surface area contributed by atoms with E-state index in [1.54, 1.807) is 14.2 Å². The van der Waals surface area contributed by atoms with Crippen molar-refractivity contribution in [1.29, 1.82) is 0 Å². The molecule has 4 heteroatoms. The minimum absolute atomic E-state index is 0.161. The van der Waals surface area contributed by atoms with Crippen LogP contribution in [-0.2, 0) is 12.8 Å². The molecule has 0 fully saturated rings. The van der Waals surface area contributed by atoms with Crippen molar-refractivity contribution < 1.29 is 9.47 Å². The maximum atomic E-state index is 5.93. The van der Waals surface area contributed by atoms with Crippen LogP contribution < -0.4 is 14.8 Å². The second-order valence-corrected chi connectivity index (χ2v) is 8.30. The number of hydrogen-bond donors (Lipinski definition) is 1. The Bertz CT molecular complexity index is 1070. The van der Waals surface area contributed by atoms with Crippen LogP contribution in [0.1, 0.15) is 53.8 Å². The lowest BCUT2D eigenvalue weighted by molar-refractivity contribution is 0.399. The molecular formula is C27H32N2O2. The van der Waals surface area contributed by atoms with Crippen molar-refractivity contribution >= 4 is 5.69 Å². The van der Waals surface area contributed by atoms with Gasteiger partial charge in [0.25, 0.3) is 0 Å². The lowest BCUT2D eigenvalue weighted by Crippen LogP contribution is -2.20. The van der Waals surface area contributed by atoms with Crippen molar-refractivity contribution in [2.45, 2.75) is 52.5 Å². The number of hydrogen-bond acceptors (Lipinski definition) is 4. The predicted molar refractivity (Wildman–Crippen MR) is 127 cm³/mol. The highest BCUT2D eigenvalue weighted by molar-refractivity contribution is 5.70. The van der Waals surface area contributed by atoms with Crippen molar-refractivity contribution in [1.82, 2.24) is 4.98 Å². The van der Waals surface area contributed by atoms with Gasteiger partial charge in [0.15, 0.2) is 0 Å². The van der Waals surface area contributed by atoms with Crippen molar-refractivity contribution in [3.63, 3.8) is 0 Å². The Kier molecular flexibility index (Phi) is 6.17. The highest BCUT2D eigenvalue weighted by atomic mass is 16.5. The number of nitrogens with zero attached hydrogens (tertiary/aromatic N) is 1. The largest absolute Gasteiger partial charge is 0.497 e. The quantitative estimate of drug-likeness (QED) is 0.502. The van der Waals surface area contributed by atoms with E-state index in [4.69, 9.17) is 14.5 Å². The summed E-state index contributed by atoms with van der Waals surface area (Å²) in [4.78, 5) is 5.16. The van der Waals surface area contributed by atoms with E-state index >= 15 is 0 Å². The average Bonchev–Trinajstić information content (AvgIpc) is 2.79. The molecule has 1 atom stereocenters. The summed E-state index contributed by atoms with van der Waals surface area (Å²) in [7, 11) is 3.47. The van der Waals surface area contributed by atoms with Crippen LogP contribution >= 0.6 is 0 Å². The van der Waals surface area contributed by atoms with Crippen LogP contribution in [0, 0.1) is 13.8 Å². The molecule has 0 spiro atoms. The average molecular weight is 417 g/mol. The number of nitrogens with one attached hydrogen (secondary N) is 1. The van der Waals surface area contributed by atoms with E-state index in [1.807, 2.05) is 6.07 Å². The minimum Gasteiger partial charge on any atom is -0.497 e. The Morgan fingerprint density at radius 1 is 1.03 bits per heavy atom. The molecule has 1 aromatic heterocycles. The molecule has 1 N–H and O–H groups in total. The molecule has 1 aliphatic carbocycles. The first kappa shape index (κ1) is 21.2. The number of aromatic nitrogens is 1. The van der Waals surface area contributed by atoms with Gasteiger partial charge in [-0.1, -0.05) is 31.2 Å². The third kappa shape index (κ3) is 4.12. The molecule has 2 aromatic carbocycles. The van der Waals surface area contributed by atoms with E-state index < -0.39 is 0 Å².